The molecule has 0 fully saturated rings. The number of rotatable bonds is 8. The van der Waals surface area contributed by atoms with Crippen LogP contribution in [0.3, 0.4) is 0 Å². The van der Waals surface area contributed by atoms with Crippen molar-refractivity contribution >= 4 is 27.1 Å². The number of sulfone groups is 1. The van der Waals surface area contributed by atoms with Crippen LogP contribution in [0.1, 0.15) is 26.0 Å². The molecule has 2 heterocycles. The average Bonchev–Trinajstić information content (AvgIpc) is 3.21. The molecule has 9 heteroatoms. The zero-order valence-electron chi connectivity index (χ0n) is 14.7. The van der Waals surface area contributed by atoms with Gasteiger partial charge in [0.2, 0.25) is 5.89 Å². The highest BCUT2D eigenvalue weighted by Crippen LogP contribution is 2.23. The molecular formula is C16H24N4O3S2. The summed E-state index contributed by atoms with van der Waals surface area (Å²) in [7, 11) is -2.96. The number of aromatic nitrogens is 1. The second-order valence-electron chi connectivity index (χ2n) is 5.78. The van der Waals surface area contributed by atoms with Gasteiger partial charge in [0.05, 0.1) is 17.2 Å². The predicted octanol–water partition coefficient (Wildman–Crippen LogP) is 2.28. The quantitative estimate of drug-likeness (QED) is 0.535. The van der Waals surface area contributed by atoms with Crippen molar-refractivity contribution in [1.82, 2.24) is 15.6 Å². The van der Waals surface area contributed by atoms with Gasteiger partial charge >= 0.3 is 0 Å². The zero-order chi connectivity index (χ0) is 18.3. The number of nitrogens with one attached hydrogen (secondary N) is 2. The molecule has 0 bridgehead atoms. The lowest BCUT2D eigenvalue weighted by molar-refractivity contribution is 0.573. The maximum atomic E-state index is 11.3. The summed E-state index contributed by atoms with van der Waals surface area (Å²) in [6, 6.07) is 3.90. The van der Waals surface area contributed by atoms with Crippen molar-refractivity contribution < 1.29 is 12.8 Å². The normalized spacial score (nSPS) is 13.6. The standard InChI is InChI=1S/C16H24N4O3S2/c1-4-17-16(19-12(2)7-9-25(3,21)22)18-10-13-11-23-15(20-13)14-6-5-8-24-14/h5-6,8,11-12H,4,7,9-10H2,1-3H3,(H2,17,18,19). The first kappa shape index (κ1) is 19.5. The molecule has 0 spiro atoms. The van der Waals surface area contributed by atoms with E-state index in [4.69, 9.17) is 4.42 Å². The molecule has 138 valence electrons. The van der Waals surface area contributed by atoms with Crippen molar-refractivity contribution in [2.24, 2.45) is 4.99 Å². The minimum atomic E-state index is -2.96. The molecule has 2 aromatic heterocycles. The molecule has 2 aromatic rings. The van der Waals surface area contributed by atoms with Gasteiger partial charge in [-0.2, -0.15) is 0 Å². The second kappa shape index (κ2) is 9.00. The van der Waals surface area contributed by atoms with Gasteiger partial charge in [0.25, 0.3) is 0 Å². The topological polar surface area (TPSA) is 96.6 Å². The highest BCUT2D eigenvalue weighted by Gasteiger charge is 2.10. The van der Waals surface area contributed by atoms with E-state index in [2.05, 4.69) is 20.6 Å². The molecule has 7 nitrogen and oxygen atoms in total. The zero-order valence-corrected chi connectivity index (χ0v) is 16.3. The van der Waals surface area contributed by atoms with Crippen LogP contribution >= 0.6 is 11.3 Å². The van der Waals surface area contributed by atoms with Gasteiger partial charge in [-0.3, -0.25) is 0 Å². The van der Waals surface area contributed by atoms with Crippen LogP contribution in [0.4, 0.5) is 0 Å². The summed E-state index contributed by atoms with van der Waals surface area (Å²) in [4.78, 5) is 9.90. The lowest BCUT2D eigenvalue weighted by Crippen LogP contribution is -2.42. The second-order valence-corrected chi connectivity index (χ2v) is 8.99. The Morgan fingerprint density at radius 2 is 2.28 bits per heavy atom. The van der Waals surface area contributed by atoms with Gasteiger partial charge in [0, 0.05) is 18.8 Å². The van der Waals surface area contributed by atoms with E-state index in [0.717, 1.165) is 10.6 Å². The Morgan fingerprint density at radius 3 is 2.92 bits per heavy atom. The molecule has 0 aliphatic carbocycles. The van der Waals surface area contributed by atoms with Crippen molar-refractivity contribution in [2.45, 2.75) is 32.9 Å². The van der Waals surface area contributed by atoms with Crippen LogP contribution in [0.5, 0.6) is 0 Å². The summed E-state index contributed by atoms with van der Waals surface area (Å²) in [6.45, 7) is 5.00. The van der Waals surface area contributed by atoms with Crippen LogP contribution in [-0.4, -0.2) is 44.0 Å². The molecule has 1 atom stereocenters. The number of hydrogen-bond donors (Lipinski definition) is 2. The van der Waals surface area contributed by atoms with Gasteiger partial charge in [-0.15, -0.1) is 11.3 Å². The minimum Gasteiger partial charge on any atom is -0.443 e. The third-order valence-electron chi connectivity index (χ3n) is 3.33. The first-order chi connectivity index (χ1) is 11.9. The lowest BCUT2D eigenvalue weighted by Gasteiger charge is -2.17. The Bertz CT molecular complexity index is 782. The highest BCUT2D eigenvalue weighted by atomic mass is 32.2. The van der Waals surface area contributed by atoms with E-state index < -0.39 is 9.84 Å². The Kier molecular flexibility index (Phi) is 7.01. The summed E-state index contributed by atoms with van der Waals surface area (Å²) < 4.78 is 28.0. The van der Waals surface area contributed by atoms with Crippen LogP contribution < -0.4 is 10.6 Å². The Labute approximate surface area is 152 Å². The van der Waals surface area contributed by atoms with E-state index in [0.29, 0.717) is 31.4 Å². The minimum absolute atomic E-state index is 0.00786. The molecule has 0 aliphatic heterocycles. The summed E-state index contributed by atoms with van der Waals surface area (Å²) in [5.74, 6) is 1.37. The number of hydrogen-bond acceptors (Lipinski definition) is 6. The van der Waals surface area contributed by atoms with Crippen LogP contribution in [0, 0.1) is 0 Å². The van der Waals surface area contributed by atoms with Gasteiger partial charge in [-0.1, -0.05) is 6.07 Å². The fourth-order valence-electron chi connectivity index (χ4n) is 2.07. The molecule has 0 radical (unpaired) electrons. The van der Waals surface area contributed by atoms with Crippen LogP contribution in [0.25, 0.3) is 10.8 Å². The lowest BCUT2D eigenvalue weighted by atomic mass is 10.3. The molecule has 0 aromatic carbocycles. The maximum Gasteiger partial charge on any atom is 0.236 e. The molecule has 2 N–H and O–H groups in total. The van der Waals surface area contributed by atoms with Crippen LogP contribution in [-0.2, 0) is 16.4 Å². The number of guanidine groups is 1. The Hall–Kier alpha value is -1.87. The fraction of sp³-hybridized carbons (Fsp3) is 0.500. The van der Waals surface area contributed by atoms with E-state index in [1.807, 2.05) is 31.4 Å². The number of thiophene rings is 1. The first-order valence-corrected chi connectivity index (χ1v) is 11.0. The average molecular weight is 385 g/mol. The van der Waals surface area contributed by atoms with Crippen molar-refractivity contribution in [3.8, 4) is 10.8 Å². The van der Waals surface area contributed by atoms with Crippen molar-refractivity contribution in [2.75, 3.05) is 18.6 Å². The Balaban J connectivity index is 1.95. The summed E-state index contributed by atoms with van der Waals surface area (Å²) in [5, 5.41) is 8.34. The molecule has 2 rings (SSSR count). The SMILES string of the molecule is CCNC(=NCc1coc(-c2cccs2)n1)NC(C)CCS(C)(=O)=O. The van der Waals surface area contributed by atoms with Gasteiger partial charge in [-0.25, -0.2) is 18.4 Å². The van der Waals surface area contributed by atoms with Gasteiger partial charge < -0.3 is 15.1 Å². The van der Waals surface area contributed by atoms with Gasteiger partial charge in [0.1, 0.15) is 21.8 Å². The molecule has 0 saturated carbocycles. The van der Waals surface area contributed by atoms with Crippen LogP contribution in [0.2, 0.25) is 0 Å². The van der Waals surface area contributed by atoms with Crippen molar-refractivity contribution in [3.05, 3.63) is 29.5 Å². The van der Waals surface area contributed by atoms with E-state index in [-0.39, 0.29) is 11.8 Å². The molecule has 1 unspecified atom stereocenters. The van der Waals surface area contributed by atoms with Crippen molar-refractivity contribution in [1.29, 1.82) is 0 Å². The van der Waals surface area contributed by atoms with Gasteiger partial charge in [-0.05, 0) is 31.7 Å². The molecule has 0 aliphatic rings. The first-order valence-electron chi connectivity index (χ1n) is 8.08. The van der Waals surface area contributed by atoms with E-state index in [1.165, 1.54) is 6.26 Å². The number of oxazole rings is 1. The third-order valence-corrected chi connectivity index (χ3v) is 5.17. The highest BCUT2D eigenvalue weighted by molar-refractivity contribution is 7.90. The smallest absolute Gasteiger partial charge is 0.236 e. The van der Waals surface area contributed by atoms with E-state index in [1.54, 1.807) is 17.6 Å². The molecule has 0 saturated heterocycles. The van der Waals surface area contributed by atoms with E-state index >= 15 is 0 Å². The summed E-state index contributed by atoms with van der Waals surface area (Å²) in [6.07, 6.45) is 3.37. The number of aliphatic imine (C=N–C) groups is 1. The molecular weight excluding hydrogens is 360 g/mol. The molecule has 25 heavy (non-hydrogen) atoms. The van der Waals surface area contributed by atoms with Crippen molar-refractivity contribution in [3.63, 3.8) is 0 Å². The number of nitrogens with zero attached hydrogens (tertiary/aromatic N) is 2. The fourth-order valence-corrected chi connectivity index (χ4v) is 3.51. The van der Waals surface area contributed by atoms with E-state index in [9.17, 15) is 8.42 Å². The summed E-state index contributed by atoms with van der Waals surface area (Å²) in [5.41, 5.74) is 0.740. The largest absolute Gasteiger partial charge is 0.443 e. The van der Waals surface area contributed by atoms with Gasteiger partial charge in [0.15, 0.2) is 5.96 Å². The maximum absolute atomic E-state index is 11.3. The van der Waals surface area contributed by atoms with Crippen LogP contribution in [0.15, 0.2) is 33.2 Å². The third kappa shape index (κ3) is 6.87. The monoisotopic (exact) mass is 384 g/mol. The predicted molar refractivity (Wildman–Crippen MR) is 102 cm³/mol. The Morgan fingerprint density at radius 1 is 1.48 bits per heavy atom. The summed E-state index contributed by atoms with van der Waals surface area (Å²) >= 11 is 1.57. The molecule has 0 amide bonds.